The van der Waals surface area contributed by atoms with Crippen molar-refractivity contribution in [2.75, 3.05) is 11.9 Å². The summed E-state index contributed by atoms with van der Waals surface area (Å²) in [5, 5.41) is 21.9. The summed E-state index contributed by atoms with van der Waals surface area (Å²) in [6.07, 6.45) is 4.34. The number of aryl methyl sites for hydroxylation is 2. The number of hydrogen-bond donors (Lipinski definition) is 2. The third kappa shape index (κ3) is 2.99. The second kappa shape index (κ2) is 4.95. The minimum absolute atomic E-state index is 0.382. The second-order valence-electron chi connectivity index (χ2n) is 5.48. The van der Waals surface area contributed by atoms with Crippen molar-refractivity contribution in [3.05, 3.63) is 22.9 Å². The fourth-order valence-corrected chi connectivity index (χ4v) is 2.15. The van der Waals surface area contributed by atoms with E-state index in [4.69, 9.17) is 5.26 Å². The average molecular weight is 245 g/mol. The molecule has 1 aromatic heterocycles. The third-order valence-electron chi connectivity index (χ3n) is 3.11. The van der Waals surface area contributed by atoms with Crippen LogP contribution in [-0.4, -0.2) is 22.2 Å². The Hall–Kier alpha value is -1.60. The predicted octanol–water partition coefficient (Wildman–Crippen LogP) is 2.01. The molecule has 0 unspecified atom stereocenters. The summed E-state index contributed by atoms with van der Waals surface area (Å²) < 4.78 is 0. The third-order valence-corrected chi connectivity index (χ3v) is 3.11. The Morgan fingerprint density at radius 1 is 1.44 bits per heavy atom. The lowest BCUT2D eigenvalue weighted by Gasteiger charge is -2.21. The van der Waals surface area contributed by atoms with E-state index in [0.717, 1.165) is 25.0 Å². The number of aromatic nitrogens is 1. The quantitative estimate of drug-likeness (QED) is 0.854. The van der Waals surface area contributed by atoms with Crippen LogP contribution in [0.4, 0.5) is 5.82 Å². The Kier molecular flexibility index (Phi) is 3.53. The van der Waals surface area contributed by atoms with E-state index < -0.39 is 5.60 Å². The minimum atomic E-state index is -0.815. The van der Waals surface area contributed by atoms with Gasteiger partial charge in [-0.15, -0.1) is 0 Å². The zero-order valence-corrected chi connectivity index (χ0v) is 11.0. The number of nitriles is 1. The Morgan fingerprint density at radius 2 is 2.17 bits per heavy atom. The summed E-state index contributed by atoms with van der Waals surface area (Å²) in [4.78, 5) is 4.54. The lowest BCUT2D eigenvalue weighted by atomic mass is 9.95. The smallest absolute Gasteiger partial charge is 0.144 e. The average Bonchev–Trinajstić information content (AvgIpc) is 2.34. The molecule has 0 radical (unpaired) electrons. The van der Waals surface area contributed by atoms with Crippen molar-refractivity contribution >= 4 is 5.82 Å². The van der Waals surface area contributed by atoms with Gasteiger partial charge in [0.1, 0.15) is 11.9 Å². The molecule has 4 heteroatoms. The van der Waals surface area contributed by atoms with Crippen LogP contribution in [0.15, 0.2) is 6.07 Å². The monoisotopic (exact) mass is 245 g/mol. The fraction of sp³-hybridized carbons (Fsp3) is 0.571. The van der Waals surface area contributed by atoms with Crippen LogP contribution < -0.4 is 5.32 Å². The van der Waals surface area contributed by atoms with Gasteiger partial charge in [0.25, 0.3) is 0 Å². The zero-order valence-electron chi connectivity index (χ0n) is 11.0. The van der Waals surface area contributed by atoms with Gasteiger partial charge >= 0.3 is 0 Å². The van der Waals surface area contributed by atoms with Gasteiger partial charge in [-0.2, -0.15) is 5.26 Å². The molecule has 0 spiro atoms. The van der Waals surface area contributed by atoms with Crippen LogP contribution in [0.2, 0.25) is 0 Å². The summed E-state index contributed by atoms with van der Waals surface area (Å²) in [6.45, 7) is 3.84. The summed E-state index contributed by atoms with van der Waals surface area (Å²) in [6, 6.07) is 4.11. The molecule has 1 aliphatic carbocycles. The number of aliphatic hydroxyl groups is 1. The van der Waals surface area contributed by atoms with Crippen molar-refractivity contribution < 1.29 is 5.11 Å². The molecule has 0 aliphatic heterocycles. The first kappa shape index (κ1) is 12.8. The number of anilines is 1. The maximum Gasteiger partial charge on any atom is 0.144 e. The first-order valence-corrected chi connectivity index (χ1v) is 6.39. The van der Waals surface area contributed by atoms with Crippen molar-refractivity contribution in [2.24, 2.45) is 0 Å². The van der Waals surface area contributed by atoms with E-state index in [1.54, 1.807) is 13.8 Å². The van der Waals surface area contributed by atoms with E-state index in [2.05, 4.69) is 16.4 Å². The molecule has 1 aliphatic rings. The minimum Gasteiger partial charge on any atom is -0.389 e. The van der Waals surface area contributed by atoms with Crippen LogP contribution in [0.5, 0.6) is 0 Å². The SMILES string of the molecule is CC(C)(O)CNc1nc2c(cc1C#N)CCCC2. The molecular formula is C14H19N3O. The van der Waals surface area contributed by atoms with Crippen molar-refractivity contribution in [1.29, 1.82) is 5.26 Å². The summed E-state index contributed by atoms with van der Waals surface area (Å²) in [5.41, 5.74) is 2.05. The number of hydrogen-bond acceptors (Lipinski definition) is 4. The van der Waals surface area contributed by atoms with Gasteiger partial charge < -0.3 is 10.4 Å². The summed E-state index contributed by atoms with van der Waals surface area (Å²) >= 11 is 0. The van der Waals surface area contributed by atoms with Crippen molar-refractivity contribution in [3.8, 4) is 6.07 Å². The maximum atomic E-state index is 9.71. The highest BCUT2D eigenvalue weighted by Crippen LogP contribution is 2.24. The standard InChI is InChI=1S/C14H19N3O/c1-14(2,18)9-16-13-11(8-15)7-10-5-3-4-6-12(10)17-13/h7,18H,3-6,9H2,1-2H3,(H,16,17). The Bertz CT molecular complexity index is 483. The van der Waals surface area contributed by atoms with Gasteiger partial charge in [0.2, 0.25) is 0 Å². The highest BCUT2D eigenvalue weighted by Gasteiger charge is 2.17. The molecule has 0 saturated heterocycles. The molecule has 0 aromatic carbocycles. The van der Waals surface area contributed by atoms with Crippen molar-refractivity contribution in [3.63, 3.8) is 0 Å². The van der Waals surface area contributed by atoms with Crippen LogP contribution in [0.25, 0.3) is 0 Å². The molecule has 0 atom stereocenters. The molecular weight excluding hydrogens is 226 g/mol. The predicted molar refractivity (Wildman–Crippen MR) is 70.4 cm³/mol. The van der Waals surface area contributed by atoms with Crippen LogP contribution in [0.3, 0.4) is 0 Å². The van der Waals surface area contributed by atoms with Gasteiger partial charge in [0.15, 0.2) is 0 Å². The molecule has 96 valence electrons. The zero-order chi connectivity index (χ0) is 13.2. The molecule has 0 fully saturated rings. The second-order valence-corrected chi connectivity index (χ2v) is 5.48. The van der Waals surface area contributed by atoms with E-state index in [-0.39, 0.29) is 0 Å². The fourth-order valence-electron chi connectivity index (χ4n) is 2.15. The van der Waals surface area contributed by atoms with Gasteiger partial charge in [-0.1, -0.05) is 0 Å². The van der Waals surface area contributed by atoms with E-state index in [9.17, 15) is 5.11 Å². The van der Waals surface area contributed by atoms with E-state index in [1.165, 1.54) is 12.0 Å². The molecule has 2 N–H and O–H groups in total. The lowest BCUT2D eigenvalue weighted by molar-refractivity contribution is 0.0944. The number of nitrogens with zero attached hydrogens (tertiary/aromatic N) is 2. The highest BCUT2D eigenvalue weighted by molar-refractivity contribution is 5.54. The normalized spacial score (nSPS) is 14.8. The topological polar surface area (TPSA) is 68.9 Å². The van der Waals surface area contributed by atoms with Gasteiger partial charge in [-0.05, 0) is 51.2 Å². The van der Waals surface area contributed by atoms with Crippen LogP contribution in [0, 0.1) is 11.3 Å². The summed E-state index contributed by atoms with van der Waals surface area (Å²) in [5.74, 6) is 0.597. The molecule has 4 nitrogen and oxygen atoms in total. The highest BCUT2D eigenvalue weighted by atomic mass is 16.3. The number of fused-ring (bicyclic) bond motifs is 1. The van der Waals surface area contributed by atoms with Gasteiger partial charge in [-0.3, -0.25) is 0 Å². The van der Waals surface area contributed by atoms with Crippen LogP contribution in [-0.2, 0) is 12.8 Å². The molecule has 18 heavy (non-hydrogen) atoms. The van der Waals surface area contributed by atoms with Gasteiger partial charge in [0, 0.05) is 12.2 Å². The lowest BCUT2D eigenvalue weighted by Crippen LogP contribution is -2.30. The van der Waals surface area contributed by atoms with Gasteiger partial charge in [-0.25, -0.2) is 4.98 Å². The van der Waals surface area contributed by atoms with E-state index in [0.29, 0.717) is 17.9 Å². The first-order valence-electron chi connectivity index (χ1n) is 6.39. The summed E-state index contributed by atoms with van der Waals surface area (Å²) in [7, 11) is 0. The molecule has 0 saturated carbocycles. The Balaban J connectivity index is 2.26. The molecule has 0 bridgehead atoms. The largest absolute Gasteiger partial charge is 0.389 e. The molecule has 0 amide bonds. The van der Waals surface area contributed by atoms with Gasteiger partial charge in [0.05, 0.1) is 11.2 Å². The number of nitrogens with one attached hydrogen (secondary N) is 1. The Morgan fingerprint density at radius 3 is 2.83 bits per heavy atom. The van der Waals surface area contributed by atoms with Crippen LogP contribution in [0.1, 0.15) is 43.5 Å². The molecule has 2 rings (SSSR count). The van der Waals surface area contributed by atoms with Crippen LogP contribution >= 0.6 is 0 Å². The van der Waals surface area contributed by atoms with E-state index in [1.807, 2.05) is 6.07 Å². The van der Waals surface area contributed by atoms with Crippen molar-refractivity contribution in [2.45, 2.75) is 45.1 Å². The first-order chi connectivity index (χ1) is 8.49. The Labute approximate surface area is 108 Å². The van der Waals surface area contributed by atoms with Crippen molar-refractivity contribution in [1.82, 2.24) is 4.98 Å². The maximum absolute atomic E-state index is 9.71. The molecule has 1 aromatic rings. The number of pyridine rings is 1. The van der Waals surface area contributed by atoms with E-state index >= 15 is 0 Å². The number of rotatable bonds is 3. The molecule has 1 heterocycles.